The molecule has 0 aliphatic heterocycles. The lowest BCUT2D eigenvalue weighted by molar-refractivity contribution is 0.242. The summed E-state index contributed by atoms with van der Waals surface area (Å²) in [6, 6.07) is 17.4. The minimum Gasteiger partial charge on any atom is -0.489 e. The van der Waals surface area contributed by atoms with Crippen LogP contribution in [0.3, 0.4) is 0 Å². The first-order chi connectivity index (χ1) is 17.4. The van der Waals surface area contributed by atoms with Gasteiger partial charge in [-0.2, -0.15) is 0 Å². The lowest BCUT2D eigenvalue weighted by atomic mass is 10.1. The van der Waals surface area contributed by atoms with Crippen LogP contribution in [0.15, 0.2) is 84.7 Å². The van der Waals surface area contributed by atoms with Gasteiger partial charge in [0.25, 0.3) is 0 Å². The van der Waals surface area contributed by atoms with E-state index in [9.17, 15) is 13.2 Å². The van der Waals surface area contributed by atoms with Gasteiger partial charge in [0, 0.05) is 42.5 Å². The number of amides is 1. The van der Waals surface area contributed by atoms with Crippen molar-refractivity contribution < 1.29 is 17.9 Å². The number of imidazole rings is 1. The molecule has 2 aromatic carbocycles. The van der Waals surface area contributed by atoms with Crippen molar-refractivity contribution in [1.29, 1.82) is 0 Å². The predicted molar refractivity (Wildman–Crippen MR) is 135 cm³/mol. The van der Waals surface area contributed by atoms with E-state index in [4.69, 9.17) is 4.74 Å². The molecule has 0 unspecified atom stereocenters. The molecule has 2 aromatic heterocycles. The quantitative estimate of drug-likeness (QED) is 0.257. The van der Waals surface area contributed by atoms with Gasteiger partial charge in [-0.1, -0.05) is 30.3 Å². The van der Waals surface area contributed by atoms with E-state index in [0.29, 0.717) is 23.6 Å². The predicted octanol–water partition coefficient (Wildman–Crippen LogP) is 3.90. The highest BCUT2D eigenvalue weighted by Crippen LogP contribution is 2.21. The number of unbranched alkanes of at least 4 members (excludes halogenated alkanes) is 1. The first-order valence-electron chi connectivity index (χ1n) is 11.5. The van der Waals surface area contributed by atoms with E-state index < -0.39 is 9.84 Å². The van der Waals surface area contributed by atoms with Crippen LogP contribution < -0.4 is 10.1 Å². The molecule has 0 fully saturated rings. The monoisotopic (exact) mass is 505 g/mol. The summed E-state index contributed by atoms with van der Waals surface area (Å²) in [5.74, 6) is 0.624. The first-order valence-corrected chi connectivity index (χ1v) is 13.4. The van der Waals surface area contributed by atoms with Crippen molar-refractivity contribution in [2.75, 3.05) is 12.8 Å². The van der Waals surface area contributed by atoms with Crippen LogP contribution in [0.4, 0.5) is 4.79 Å². The molecule has 0 spiro atoms. The average Bonchev–Trinajstić information content (AvgIpc) is 3.38. The molecule has 0 radical (unpaired) electrons. The Labute approximate surface area is 210 Å². The number of carbonyl (C=O) groups excluding carboxylic acids is 1. The molecule has 9 nitrogen and oxygen atoms in total. The average molecular weight is 506 g/mol. The zero-order valence-corrected chi connectivity index (χ0v) is 20.7. The second kappa shape index (κ2) is 11.6. The summed E-state index contributed by atoms with van der Waals surface area (Å²) in [4.78, 5) is 24.5. The van der Waals surface area contributed by atoms with Crippen molar-refractivity contribution >= 4 is 15.9 Å². The van der Waals surface area contributed by atoms with E-state index in [1.54, 1.807) is 18.3 Å². The third-order valence-electron chi connectivity index (χ3n) is 5.40. The van der Waals surface area contributed by atoms with Crippen LogP contribution in [-0.4, -0.2) is 46.8 Å². The highest BCUT2D eigenvalue weighted by atomic mass is 32.2. The molecule has 2 heterocycles. The number of aryl methyl sites for hydroxylation is 1. The molecule has 0 aliphatic carbocycles. The van der Waals surface area contributed by atoms with Crippen LogP contribution in [0.1, 0.15) is 24.0 Å². The molecular weight excluding hydrogens is 478 g/mol. The zero-order valence-electron chi connectivity index (χ0n) is 19.9. The molecule has 186 valence electrons. The van der Waals surface area contributed by atoms with E-state index in [1.807, 2.05) is 30.3 Å². The Hall–Kier alpha value is -4.05. The third-order valence-corrected chi connectivity index (χ3v) is 6.27. The highest BCUT2D eigenvalue weighted by Gasteiger charge is 2.11. The number of aromatic nitrogens is 4. The van der Waals surface area contributed by atoms with Crippen molar-refractivity contribution in [2.24, 2.45) is 0 Å². The van der Waals surface area contributed by atoms with Gasteiger partial charge >= 0.3 is 6.03 Å². The smallest absolute Gasteiger partial charge is 0.326 e. The third kappa shape index (κ3) is 6.98. The fourth-order valence-electron chi connectivity index (χ4n) is 3.47. The molecule has 0 aliphatic rings. The number of nitrogens with zero attached hydrogens (tertiary/aromatic N) is 4. The molecule has 4 rings (SSSR count). The van der Waals surface area contributed by atoms with Crippen molar-refractivity contribution in [3.05, 3.63) is 90.6 Å². The van der Waals surface area contributed by atoms with Crippen LogP contribution in [-0.2, 0) is 22.9 Å². The van der Waals surface area contributed by atoms with Crippen LogP contribution in [0.5, 0.6) is 5.75 Å². The van der Waals surface area contributed by atoms with Crippen molar-refractivity contribution in [3.63, 3.8) is 0 Å². The fourth-order valence-corrected chi connectivity index (χ4v) is 3.95. The molecular formula is C26H27N5O4S. The maximum Gasteiger partial charge on any atom is 0.326 e. The SMILES string of the molecule is CS(=O)(=O)c1ncc(COc2ccc(-c3cn(C(=O)NCCCCc4ccccc4)cn3)cc2)cn1. The van der Waals surface area contributed by atoms with Crippen molar-refractivity contribution in [2.45, 2.75) is 31.0 Å². The molecule has 0 saturated heterocycles. The van der Waals surface area contributed by atoms with E-state index in [0.717, 1.165) is 31.1 Å². The zero-order chi connectivity index (χ0) is 25.4. The van der Waals surface area contributed by atoms with Gasteiger partial charge in [0.15, 0.2) is 0 Å². The van der Waals surface area contributed by atoms with Gasteiger partial charge in [0.05, 0.1) is 5.69 Å². The van der Waals surface area contributed by atoms with Crippen LogP contribution in [0, 0.1) is 0 Å². The van der Waals surface area contributed by atoms with Crippen LogP contribution >= 0.6 is 0 Å². The van der Waals surface area contributed by atoms with Crippen LogP contribution in [0.25, 0.3) is 11.3 Å². The normalized spacial score (nSPS) is 11.2. The van der Waals surface area contributed by atoms with Crippen molar-refractivity contribution in [1.82, 2.24) is 24.8 Å². The summed E-state index contributed by atoms with van der Waals surface area (Å²) in [5.41, 5.74) is 3.47. The van der Waals surface area contributed by atoms with Gasteiger partial charge < -0.3 is 10.1 Å². The van der Waals surface area contributed by atoms with Gasteiger partial charge in [-0.05, 0) is 49.1 Å². The second-order valence-corrected chi connectivity index (χ2v) is 10.2. The Morgan fingerprint density at radius 3 is 2.36 bits per heavy atom. The van der Waals surface area contributed by atoms with E-state index in [2.05, 4.69) is 32.4 Å². The van der Waals surface area contributed by atoms with Crippen molar-refractivity contribution in [3.8, 4) is 17.0 Å². The summed E-state index contributed by atoms with van der Waals surface area (Å²) in [6.45, 7) is 0.802. The second-order valence-electron chi connectivity index (χ2n) is 8.30. The molecule has 36 heavy (non-hydrogen) atoms. The Kier molecular flexibility index (Phi) is 8.06. The Bertz CT molecular complexity index is 1390. The number of sulfone groups is 1. The van der Waals surface area contributed by atoms with Gasteiger partial charge in [-0.25, -0.2) is 28.2 Å². The lowest BCUT2D eigenvalue weighted by Crippen LogP contribution is -2.28. The number of hydrogen-bond donors (Lipinski definition) is 1. The number of ether oxygens (including phenoxy) is 1. The summed E-state index contributed by atoms with van der Waals surface area (Å²) < 4.78 is 30.0. The van der Waals surface area contributed by atoms with Gasteiger partial charge in [-0.15, -0.1) is 0 Å². The van der Waals surface area contributed by atoms with Gasteiger partial charge in [0.1, 0.15) is 18.7 Å². The van der Waals surface area contributed by atoms with E-state index in [-0.39, 0.29) is 17.8 Å². The number of rotatable bonds is 10. The number of benzene rings is 2. The summed E-state index contributed by atoms with van der Waals surface area (Å²) in [7, 11) is -3.43. The molecule has 4 aromatic rings. The fraction of sp³-hybridized carbons (Fsp3) is 0.231. The molecule has 1 N–H and O–H groups in total. The maximum absolute atomic E-state index is 12.4. The minimum atomic E-state index is -3.43. The standard InChI is InChI=1S/C26H27N5O4S/c1-36(33,34)25-28-15-21(16-29-25)18-35-23-12-10-22(11-13-23)24-17-31(19-30-24)26(32)27-14-6-5-9-20-7-3-2-4-8-20/h2-4,7-8,10-13,15-17,19H,5-6,9,14,18H2,1H3,(H,27,32). The summed E-state index contributed by atoms with van der Waals surface area (Å²) in [5, 5.41) is 2.71. The maximum atomic E-state index is 12.4. The summed E-state index contributed by atoms with van der Waals surface area (Å²) >= 11 is 0. The molecule has 1 amide bonds. The Balaban J connectivity index is 1.24. The minimum absolute atomic E-state index is 0.198. The Morgan fingerprint density at radius 1 is 0.944 bits per heavy atom. The lowest BCUT2D eigenvalue weighted by Gasteiger charge is -2.07. The number of nitrogens with one attached hydrogen (secondary N) is 1. The molecule has 0 atom stereocenters. The number of carbonyl (C=O) groups is 1. The highest BCUT2D eigenvalue weighted by molar-refractivity contribution is 7.90. The Morgan fingerprint density at radius 2 is 1.67 bits per heavy atom. The topological polar surface area (TPSA) is 116 Å². The molecule has 0 saturated carbocycles. The summed E-state index contributed by atoms with van der Waals surface area (Å²) in [6.07, 6.45) is 10.0. The molecule has 0 bridgehead atoms. The van der Waals surface area contributed by atoms with E-state index >= 15 is 0 Å². The molecule has 10 heteroatoms. The van der Waals surface area contributed by atoms with Gasteiger partial charge in [-0.3, -0.25) is 4.57 Å². The number of hydrogen-bond acceptors (Lipinski definition) is 7. The van der Waals surface area contributed by atoms with Crippen LogP contribution in [0.2, 0.25) is 0 Å². The van der Waals surface area contributed by atoms with Gasteiger partial charge in [0.2, 0.25) is 15.0 Å². The van der Waals surface area contributed by atoms with E-state index in [1.165, 1.54) is 28.9 Å². The largest absolute Gasteiger partial charge is 0.489 e. The first kappa shape index (κ1) is 25.1.